The lowest BCUT2D eigenvalue weighted by molar-refractivity contribution is -0.137. The molecule has 0 aliphatic rings. The zero-order valence-electron chi connectivity index (χ0n) is 8.85. The van der Waals surface area contributed by atoms with E-state index in [0.29, 0.717) is 11.3 Å². The lowest BCUT2D eigenvalue weighted by Gasteiger charge is -2.14. The molecule has 0 amide bonds. The molecule has 0 bridgehead atoms. The zero-order chi connectivity index (χ0) is 11.6. The van der Waals surface area contributed by atoms with E-state index in [2.05, 4.69) is 0 Å². The third-order valence-corrected chi connectivity index (χ3v) is 2.18. The van der Waals surface area contributed by atoms with E-state index in [9.17, 15) is 13.2 Å². The van der Waals surface area contributed by atoms with Crippen LogP contribution in [0.25, 0.3) is 0 Å². The summed E-state index contributed by atoms with van der Waals surface area (Å²) in [6, 6.07) is 3.53. The topological polar surface area (TPSA) is 9.23 Å². The molecule has 0 saturated carbocycles. The van der Waals surface area contributed by atoms with Crippen LogP contribution in [0.1, 0.15) is 30.9 Å². The quantitative estimate of drug-likeness (QED) is 0.732. The van der Waals surface area contributed by atoms with E-state index in [1.165, 1.54) is 13.2 Å². The van der Waals surface area contributed by atoms with Gasteiger partial charge in [0.05, 0.1) is 12.7 Å². The van der Waals surface area contributed by atoms with Crippen molar-refractivity contribution in [2.24, 2.45) is 0 Å². The largest absolute Gasteiger partial charge is 0.496 e. The highest BCUT2D eigenvalue weighted by Gasteiger charge is 2.31. The third-order valence-electron chi connectivity index (χ3n) is 2.18. The first-order valence-corrected chi connectivity index (χ1v) is 4.61. The van der Waals surface area contributed by atoms with E-state index in [1.54, 1.807) is 0 Å². The number of hydrogen-bond donors (Lipinski definition) is 0. The Balaban J connectivity index is 3.22. The minimum absolute atomic E-state index is 0.00208. The molecule has 84 valence electrons. The predicted octanol–water partition coefficient (Wildman–Crippen LogP) is 3.84. The van der Waals surface area contributed by atoms with Crippen LogP contribution in [0.15, 0.2) is 18.2 Å². The van der Waals surface area contributed by atoms with Crippen LogP contribution in [0.2, 0.25) is 0 Å². The minimum Gasteiger partial charge on any atom is -0.496 e. The molecule has 0 atom stereocenters. The molecule has 0 heterocycles. The fourth-order valence-corrected chi connectivity index (χ4v) is 1.36. The molecule has 0 unspecified atom stereocenters. The van der Waals surface area contributed by atoms with Gasteiger partial charge in [0.2, 0.25) is 0 Å². The van der Waals surface area contributed by atoms with Gasteiger partial charge in [-0.25, -0.2) is 0 Å². The summed E-state index contributed by atoms with van der Waals surface area (Å²) >= 11 is 0. The van der Waals surface area contributed by atoms with Gasteiger partial charge in [0.25, 0.3) is 0 Å². The lowest BCUT2D eigenvalue weighted by Crippen LogP contribution is -2.06. The van der Waals surface area contributed by atoms with E-state index in [1.807, 2.05) is 13.8 Å². The number of halogens is 3. The standard InChI is InChI=1S/C11H13F3O/c1-7(2)9-6-8(11(12,13)14)4-5-10(9)15-3/h4-7H,1-3H3. The normalized spacial score (nSPS) is 11.9. The summed E-state index contributed by atoms with van der Waals surface area (Å²) in [5, 5.41) is 0. The summed E-state index contributed by atoms with van der Waals surface area (Å²) in [7, 11) is 1.45. The molecule has 0 aliphatic heterocycles. The van der Waals surface area contributed by atoms with Crippen molar-refractivity contribution in [3.05, 3.63) is 29.3 Å². The maximum Gasteiger partial charge on any atom is 0.416 e. The van der Waals surface area contributed by atoms with Gasteiger partial charge in [0.1, 0.15) is 5.75 Å². The molecule has 0 radical (unpaired) electrons. The first-order chi connectivity index (χ1) is 6.86. The Morgan fingerprint density at radius 2 is 1.80 bits per heavy atom. The SMILES string of the molecule is COc1ccc(C(F)(F)F)cc1C(C)C. The van der Waals surface area contributed by atoms with Crippen molar-refractivity contribution in [3.8, 4) is 5.75 Å². The monoisotopic (exact) mass is 218 g/mol. The summed E-state index contributed by atoms with van der Waals surface area (Å²) < 4.78 is 42.3. The molecule has 0 aliphatic carbocycles. The summed E-state index contributed by atoms with van der Waals surface area (Å²) in [6.07, 6.45) is -4.30. The van der Waals surface area contributed by atoms with Crippen molar-refractivity contribution in [2.75, 3.05) is 7.11 Å². The molecule has 0 saturated heterocycles. The summed E-state index contributed by atoms with van der Waals surface area (Å²) in [5.74, 6) is 0.500. The van der Waals surface area contributed by atoms with E-state index in [0.717, 1.165) is 12.1 Å². The Bertz CT molecular complexity index is 342. The number of ether oxygens (including phenoxy) is 1. The lowest BCUT2D eigenvalue weighted by atomic mass is 9.99. The van der Waals surface area contributed by atoms with Crippen molar-refractivity contribution in [1.82, 2.24) is 0 Å². The van der Waals surface area contributed by atoms with Crippen molar-refractivity contribution in [3.63, 3.8) is 0 Å². The summed E-state index contributed by atoms with van der Waals surface area (Å²) in [4.78, 5) is 0. The molecular formula is C11H13F3O. The van der Waals surface area contributed by atoms with Gasteiger partial charge < -0.3 is 4.74 Å². The molecule has 0 fully saturated rings. The van der Waals surface area contributed by atoms with Crippen molar-refractivity contribution in [2.45, 2.75) is 25.9 Å². The van der Waals surface area contributed by atoms with Gasteiger partial charge in [0.15, 0.2) is 0 Å². The van der Waals surface area contributed by atoms with Crippen LogP contribution >= 0.6 is 0 Å². The second-order valence-corrected chi connectivity index (χ2v) is 3.61. The molecule has 4 heteroatoms. The fourth-order valence-electron chi connectivity index (χ4n) is 1.36. The van der Waals surface area contributed by atoms with Gasteiger partial charge in [0, 0.05) is 0 Å². The van der Waals surface area contributed by atoms with Crippen LogP contribution in [0.4, 0.5) is 13.2 Å². The number of rotatable bonds is 2. The highest BCUT2D eigenvalue weighted by atomic mass is 19.4. The van der Waals surface area contributed by atoms with Crippen LogP contribution in [-0.2, 0) is 6.18 Å². The minimum atomic E-state index is -4.30. The first-order valence-electron chi connectivity index (χ1n) is 4.61. The smallest absolute Gasteiger partial charge is 0.416 e. The van der Waals surface area contributed by atoms with E-state index in [-0.39, 0.29) is 5.92 Å². The van der Waals surface area contributed by atoms with Gasteiger partial charge in [-0.15, -0.1) is 0 Å². The van der Waals surface area contributed by atoms with E-state index >= 15 is 0 Å². The van der Waals surface area contributed by atoms with E-state index < -0.39 is 11.7 Å². The first kappa shape index (κ1) is 11.9. The predicted molar refractivity (Wildman–Crippen MR) is 52.1 cm³/mol. The molecule has 1 rings (SSSR count). The average molecular weight is 218 g/mol. The Kier molecular flexibility index (Phi) is 3.27. The molecular weight excluding hydrogens is 205 g/mol. The molecule has 0 aromatic heterocycles. The number of alkyl halides is 3. The van der Waals surface area contributed by atoms with Crippen LogP contribution in [0.3, 0.4) is 0 Å². The number of methoxy groups -OCH3 is 1. The molecule has 0 spiro atoms. The summed E-state index contributed by atoms with van der Waals surface area (Å²) in [5.41, 5.74) is -0.0562. The van der Waals surface area contributed by atoms with Gasteiger partial charge in [-0.3, -0.25) is 0 Å². The highest BCUT2D eigenvalue weighted by Crippen LogP contribution is 2.35. The van der Waals surface area contributed by atoms with Crippen LogP contribution in [0, 0.1) is 0 Å². The summed E-state index contributed by atoms with van der Waals surface area (Å²) in [6.45, 7) is 3.66. The highest BCUT2D eigenvalue weighted by molar-refractivity contribution is 5.40. The molecule has 1 aromatic rings. The van der Waals surface area contributed by atoms with Gasteiger partial charge in [-0.1, -0.05) is 13.8 Å². The Hall–Kier alpha value is -1.19. The molecule has 0 N–H and O–H groups in total. The fraction of sp³-hybridized carbons (Fsp3) is 0.455. The van der Waals surface area contributed by atoms with Crippen molar-refractivity contribution < 1.29 is 17.9 Å². The van der Waals surface area contributed by atoms with Crippen LogP contribution < -0.4 is 4.74 Å². The van der Waals surface area contributed by atoms with Crippen molar-refractivity contribution >= 4 is 0 Å². The molecule has 1 nitrogen and oxygen atoms in total. The van der Waals surface area contributed by atoms with Crippen LogP contribution in [0.5, 0.6) is 5.75 Å². The average Bonchev–Trinajstić information content (AvgIpc) is 2.15. The van der Waals surface area contributed by atoms with Crippen LogP contribution in [-0.4, -0.2) is 7.11 Å². The maximum atomic E-state index is 12.4. The molecule has 1 aromatic carbocycles. The molecule has 15 heavy (non-hydrogen) atoms. The van der Waals surface area contributed by atoms with E-state index in [4.69, 9.17) is 4.74 Å². The second-order valence-electron chi connectivity index (χ2n) is 3.61. The van der Waals surface area contributed by atoms with Gasteiger partial charge in [-0.2, -0.15) is 13.2 Å². The number of benzene rings is 1. The second kappa shape index (κ2) is 4.13. The third kappa shape index (κ3) is 2.64. The van der Waals surface area contributed by atoms with Crippen molar-refractivity contribution in [1.29, 1.82) is 0 Å². The Morgan fingerprint density at radius 3 is 2.20 bits per heavy atom. The number of hydrogen-bond acceptors (Lipinski definition) is 1. The zero-order valence-corrected chi connectivity index (χ0v) is 8.85. The van der Waals surface area contributed by atoms with Gasteiger partial charge >= 0.3 is 6.18 Å². The maximum absolute atomic E-state index is 12.4. The Labute approximate surface area is 86.9 Å². The Morgan fingerprint density at radius 1 is 1.20 bits per heavy atom. The van der Waals surface area contributed by atoms with Gasteiger partial charge in [-0.05, 0) is 29.7 Å².